The summed E-state index contributed by atoms with van der Waals surface area (Å²) in [5.41, 5.74) is 0. The molecule has 1 atom stereocenters. The molecule has 0 aromatic carbocycles. The van der Waals surface area contributed by atoms with Gasteiger partial charge in [-0.3, -0.25) is 4.57 Å². The van der Waals surface area contributed by atoms with Crippen LogP contribution in [0.3, 0.4) is 0 Å². The van der Waals surface area contributed by atoms with Gasteiger partial charge in [0.2, 0.25) is 0 Å². The summed E-state index contributed by atoms with van der Waals surface area (Å²) in [5, 5.41) is -3.60. The van der Waals surface area contributed by atoms with Crippen molar-refractivity contribution in [1.82, 2.24) is 0 Å². The zero-order valence-electron chi connectivity index (χ0n) is 9.84. The van der Waals surface area contributed by atoms with Gasteiger partial charge in [0, 0.05) is 0 Å². The number of rotatable bonds is 7. The first-order chi connectivity index (χ1) is 7.22. The number of sulfone groups is 1. The average molecular weight is 276 g/mol. The van der Waals surface area contributed by atoms with Crippen LogP contribution in [0.5, 0.6) is 0 Å². The topological polar surface area (TPSA) is 69.7 Å². The first kappa shape index (κ1) is 16.0. The van der Waals surface area contributed by atoms with Crippen molar-refractivity contribution in [2.45, 2.75) is 38.2 Å². The SMILES string of the molecule is CCOP(=O)(OCC)C(F)S(=O)(=O)C(C)C. The summed E-state index contributed by atoms with van der Waals surface area (Å²) in [4.78, 5) is 0. The predicted octanol–water partition coefficient (Wildman–Crippen LogP) is 2.33. The fourth-order valence-corrected chi connectivity index (χ4v) is 4.93. The third kappa shape index (κ3) is 3.52. The van der Waals surface area contributed by atoms with Crippen LogP contribution < -0.4 is 0 Å². The second kappa shape index (κ2) is 6.10. The van der Waals surface area contributed by atoms with Gasteiger partial charge in [0.1, 0.15) is 0 Å². The summed E-state index contributed by atoms with van der Waals surface area (Å²) in [5.74, 6) is 0. The molecule has 0 aliphatic carbocycles. The second-order valence-corrected chi connectivity index (χ2v) is 8.24. The Hall–Kier alpha value is 0.0300. The van der Waals surface area contributed by atoms with Gasteiger partial charge in [0.05, 0.1) is 18.5 Å². The zero-order valence-corrected chi connectivity index (χ0v) is 11.6. The van der Waals surface area contributed by atoms with Crippen LogP contribution in [0.1, 0.15) is 27.7 Å². The number of halogens is 1. The highest BCUT2D eigenvalue weighted by Gasteiger charge is 2.46. The van der Waals surface area contributed by atoms with Crippen molar-refractivity contribution in [2.75, 3.05) is 13.2 Å². The lowest BCUT2D eigenvalue weighted by molar-refractivity contribution is 0.203. The molecule has 0 spiro atoms. The molecule has 0 saturated heterocycles. The highest BCUT2D eigenvalue weighted by atomic mass is 32.2. The van der Waals surface area contributed by atoms with Crippen LogP contribution >= 0.6 is 7.60 Å². The number of hydrogen-bond donors (Lipinski definition) is 0. The Morgan fingerprint density at radius 2 is 1.56 bits per heavy atom. The van der Waals surface area contributed by atoms with E-state index >= 15 is 0 Å². The molecule has 8 heteroatoms. The lowest BCUT2D eigenvalue weighted by Gasteiger charge is -2.21. The Bertz CT molecular complexity index is 343. The molecule has 0 amide bonds. The normalized spacial score (nSPS) is 15.4. The van der Waals surface area contributed by atoms with E-state index in [-0.39, 0.29) is 13.2 Å². The van der Waals surface area contributed by atoms with Crippen LogP contribution in [-0.2, 0) is 23.4 Å². The number of hydrogen-bond acceptors (Lipinski definition) is 5. The van der Waals surface area contributed by atoms with E-state index in [2.05, 4.69) is 9.05 Å². The summed E-state index contributed by atoms with van der Waals surface area (Å²) in [7, 11) is -8.40. The van der Waals surface area contributed by atoms with Gasteiger partial charge in [-0.05, 0) is 27.7 Å². The smallest absolute Gasteiger partial charge is 0.306 e. The summed E-state index contributed by atoms with van der Waals surface area (Å²) >= 11 is 0. The van der Waals surface area contributed by atoms with Gasteiger partial charge in [-0.15, -0.1) is 0 Å². The van der Waals surface area contributed by atoms with Crippen molar-refractivity contribution in [3.05, 3.63) is 0 Å². The molecule has 0 radical (unpaired) electrons. The third-order valence-corrected chi connectivity index (χ3v) is 7.04. The van der Waals surface area contributed by atoms with Crippen molar-refractivity contribution < 1.29 is 26.4 Å². The maximum Gasteiger partial charge on any atom is 0.380 e. The third-order valence-electron chi connectivity index (χ3n) is 1.79. The Balaban J connectivity index is 5.18. The Kier molecular flexibility index (Phi) is 6.11. The van der Waals surface area contributed by atoms with Gasteiger partial charge in [0.25, 0.3) is 5.24 Å². The molecule has 1 unspecified atom stereocenters. The van der Waals surface area contributed by atoms with Crippen molar-refractivity contribution in [3.8, 4) is 0 Å². The molecule has 0 aromatic rings. The first-order valence-electron chi connectivity index (χ1n) is 4.98. The van der Waals surface area contributed by atoms with Crippen molar-refractivity contribution in [2.24, 2.45) is 0 Å². The molecule has 0 aliphatic rings. The minimum atomic E-state index is -4.24. The molecule has 5 nitrogen and oxygen atoms in total. The monoisotopic (exact) mass is 276 g/mol. The van der Waals surface area contributed by atoms with E-state index in [9.17, 15) is 17.4 Å². The molecule has 0 N–H and O–H groups in total. The molecule has 0 heterocycles. The molecular weight excluding hydrogens is 258 g/mol. The van der Waals surface area contributed by atoms with Crippen LogP contribution in [0.2, 0.25) is 0 Å². The number of alkyl halides is 1. The van der Waals surface area contributed by atoms with Crippen LogP contribution in [0.15, 0.2) is 0 Å². The van der Waals surface area contributed by atoms with Crippen molar-refractivity contribution in [1.29, 1.82) is 0 Å². The van der Waals surface area contributed by atoms with Crippen LogP contribution in [0.4, 0.5) is 4.39 Å². The van der Waals surface area contributed by atoms with E-state index in [0.717, 1.165) is 0 Å². The fourth-order valence-electron chi connectivity index (χ4n) is 0.919. The lowest BCUT2D eigenvalue weighted by Crippen LogP contribution is -2.26. The molecule has 0 aliphatic heterocycles. The van der Waals surface area contributed by atoms with Crippen LogP contribution in [0, 0.1) is 0 Å². The fraction of sp³-hybridized carbons (Fsp3) is 1.00. The highest BCUT2D eigenvalue weighted by molar-refractivity contribution is 7.98. The maximum atomic E-state index is 13.8. The molecular formula is C8H18FO5PS. The molecule has 0 aromatic heterocycles. The minimum absolute atomic E-state index is 0.0781. The molecule has 16 heavy (non-hydrogen) atoms. The predicted molar refractivity (Wildman–Crippen MR) is 59.8 cm³/mol. The standard InChI is InChI=1S/C8H18FO5PS/c1-5-13-15(10,14-6-2)8(9)16(11,12)7(3)4/h7-8H,5-6H2,1-4H3. The van der Waals surface area contributed by atoms with E-state index < -0.39 is 27.9 Å². The van der Waals surface area contributed by atoms with Gasteiger partial charge in [0.15, 0.2) is 9.84 Å². The van der Waals surface area contributed by atoms with Gasteiger partial charge >= 0.3 is 7.60 Å². The Morgan fingerprint density at radius 1 is 1.19 bits per heavy atom. The summed E-state index contributed by atoms with van der Waals surface area (Å²) < 4.78 is 58.0. The molecule has 98 valence electrons. The zero-order chi connectivity index (χ0) is 13.0. The largest absolute Gasteiger partial charge is 0.380 e. The van der Waals surface area contributed by atoms with Crippen LogP contribution in [-0.4, -0.2) is 32.1 Å². The van der Waals surface area contributed by atoms with Crippen molar-refractivity contribution in [3.63, 3.8) is 0 Å². The summed E-state index contributed by atoms with van der Waals surface area (Å²) in [6, 6.07) is 0. The summed E-state index contributed by atoms with van der Waals surface area (Å²) in [6.07, 6.45) is 0. The second-order valence-electron chi connectivity index (χ2n) is 3.31. The minimum Gasteiger partial charge on any atom is -0.306 e. The van der Waals surface area contributed by atoms with Gasteiger partial charge in [-0.1, -0.05) is 0 Å². The van der Waals surface area contributed by atoms with E-state index in [1.54, 1.807) is 0 Å². The molecule has 0 saturated carbocycles. The van der Waals surface area contributed by atoms with Crippen LogP contribution in [0.25, 0.3) is 0 Å². The molecule has 0 bridgehead atoms. The first-order valence-corrected chi connectivity index (χ1v) is 8.20. The molecule has 0 rings (SSSR count). The summed E-state index contributed by atoms with van der Waals surface area (Å²) in [6.45, 7) is 5.44. The Morgan fingerprint density at radius 3 is 1.81 bits per heavy atom. The van der Waals surface area contributed by atoms with Gasteiger partial charge in [-0.2, -0.15) is 0 Å². The maximum absolute atomic E-state index is 13.8. The Labute approximate surface area is 95.8 Å². The van der Waals surface area contributed by atoms with E-state index in [0.29, 0.717) is 0 Å². The van der Waals surface area contributed by atoms with E-state index in [4.69, 9.17) is 0 Å². The quantitative estimate of drug-likeness (QED) is 0.667. The van der Waals surface area contributed by atoms with Crippen molar-refractivity contribution >= 4 is 17.4 Å². The lowest BCUT2D eigenvalue weighted by atomic mass is 10.6. The highest BCUT2D eigenvalue weighted by Crippen LogP contribution is 2.56. The average Bonchev–Trinajstić information content (AvgIpc) is 2.17. The van der Waals surface area contributed by atoms with Gasteiger partial charge < -0.3 is 9.05 Å². The van der Waals surface area contributed by atoms with E-state index in [1.165, 1.54) is 27.7 Å². The van der Waals surface area contributed by atoms with E-state index in [1.807, 2.05) is 0 Å². The molecule has 0 fully saturated rings. The van der Waals surface area contributed by atoms with Gasteiger partial charge in [-0.25, -0.2) is 12.8 Å².